The van der Waals surface area contributed by atoms with Crippen molar-refractivity contribution in [3.8, 4) is 0 Å². The van der Waals surface area contributed by atoms with Crippen molar-refractivity contribution in [2.24, 2.45) is 0 Å². The van der Waals surface area contributed by atoms with Gasteiger partial charge in [-0.1, -0.05) is 0 Å². The molecule has 1 unspecified atom stereocenters. The zero-order chi connectivity index (χ0) is 13.8. The summed E-state index contributed by atoms with van der Waals surface area (Å²) in [4.78, 5) is 11.5. The van der Waals surface area contributed by atoms with Crippen molar-refractivity contribution in [3.05, 3.63) is 47.9 Å². The number of anilines is 2. The molecule has 0 saturated carbocycles. The maximum Gasteiger partial charge on any atom is 0.337 e. The standard InChI is InChI=1S/C14H16N2O3/c1-9(13-4-3-7-19-13)16-12-8-10(14(17)18-2)5-6-11(12)15/h3-9,16H,15H2,1-2H3. The van der Waals surface area contributed by atoms with E-state index in [1.807, 2.05) is 19.1 Å². The van der Waals surface area contributed by atoms with Gasteiger partial charge in [-0.05, 0) is 37.3 Å². The molecule has 3 N–H and O–H groups in total. The minimum Gasteiger partial charge on any atom is -0.467 e. The van der Waals surface area contributed by atoms with Crippen LogP contribution >= 0.6 is 0 Å². The summed E-state index contributed by atoms with van der Waals surface area (Å²) in [6, 6.07) is 8.61. The van der Waals surface area contributed by atoms with Crippen molar-refractivity contribution in [2.45, 2.75) is 13.0 Å². The Labute approximate surface area is 111 Å². The van der Waals surface area contributed by atoms with Crippen LogP contribution in [0.15, 0.2) is 41.0 Å². The van der Waals surface area contributed by atoms with Crippen LogP contribution in [0.25, 0.3) is 0 Å². The van der Waals surface area contributed by atoms with Crippen molar-refractivity contribution in [1.29, 1.82) is 0 Å². The van der Waals surface area contributed by atoms with Crippen LogP contribution < -0.4 is 11.1 Å². The summed E-state index contributed by atoms with van der Waals surface area (Å²) in [5.41, 5.74) is 7.57. The summed E-state index contributed by atoms with van der Waals surface area (Å²) >= 11 is 0. The molecule has 19 heavy (non-hydrogen) atoms. The number of methoxy groups -OCH3 is 1. The molecular formula is C14H16N2O3. The number of hydrogen-bond acceptors (Lipinski definition) is 5. The van der Waals surface area contributed by atoms with Crippen molar-refractivity contribution in [1.82, 2.24) is 0 Å². The third-order valence-corrected chi connectivity index (χ3v) is 2.82. The van der Waals surface area contributed by atoms with Gasteiger partial charge < -0.3 is 20.2 Å². The monoisotopic (exact) mass is 260 g/mol. The van der Waals surface area contributed by atoms with Crippen LogP contribution in [0.3, 0.4) is 0 Å². The van der Waals surface area contributed by atoms with E-state index in [1.54, 1.807) is 24.5 Å². The van der Waals surface area contributed by atoms with Gasteiger partial charge in [-0.2, -0.15) is 0 Å². The van der Waals surface area contributed by atoms with Crippen molar-refractivity contribution >= 4 is 17.3 Å². The smallest absolute Gasteiger partial charge is 0.337 e. The summed E-state index contributed by atoms with van der Waals surface area (Å²) in [5.74, 6) is 0.400. The molecule has 1 heterocycles. The second kappa shape index (κ2) is 5.48. The molecule has 5 nitrogen and oxygen atoms in total. The molecule has 0 spiro atoms. The number of nitrogens with one attached hydrogen (secondary N) is 1. The minimum atomic E-state index is -0.395. The first kappa shape index (κ1) is 13.0. The molecule has 1 aromatic heterocycles. The quantitative estimate of drug-likeness (QED) is 0.653. The highest BCUT2D eigenvalue weighted by Gasteiger charge is 2.12. The maximum atomic E-state index is 11.5. The molecule has 0 radical (unpaired) electrons. The molecule has 0 bridgehead atoms. The maximum absolute atomic E-state index is 11.5. The lowest BCUT2D eigenvalue weighted by atomic mass is 10.1. The van der Waals surface area contributed by atoms with E-state index in [0.717, 1.165) is 5.76 Å². The van der Waals surface area contributed by atoms with Crippen LogP contribution in [-0.4, -0.2) is 13.1 Å². The zero-order valence-electron chi connectivity index (χ0n) is 10.8. The molecule has 100 valence electrons. The lowest BCUT2D eigenvalue weighted by Gasteiger charge is -2.15. The van der Waals surface area contributed by atoms with Crippen molar-refractivity contribution < 1.29 is 13.9 Å². The number of benzene rings is 1. The van der Waals surface area contributed by atoms with Crippen LogP contribution in [0.2, 0.25) is 0 Å². The Morgan fingerprint density at radius 1 is 1.42 bits per heavy atom. The highest BCUT2D eigenvalue weighted by molar-refractivity contribution is 5.92. The Hall–Kier alpha value is -2.43. The zero-order valence-corrected chi connectivity index (χ0v) is 10.8. The molecule has 2 rings (SSSR count). The topological polar surface area (TPSA) is 77.5 Å². The van der Waals surface area contributed by atoms with Crippen LogP contribution in [0.1, 0.15) is 29.1 Å². The highest BCUT2D eigenvalue weighted by atomic mass is 16.5. The third-order valence-electron chi connectivity index (χ3n) is 2.82. The predicted octanol–water partition coefficient (Wildman–Crippen LogP) is 2.82. The first-order valence-electron chi connectivity index (χ1n) is 5.89. The lowest BCUT2D eigenvalue weighted by molar-refractivity contribution is 0.0601. The molecule has 0 aliphatic heterocycles. The van der Waals surface area contributed by atoms with Gasteiger partial charge in [0.15, 0.2) is 0 Å². The molecule has 2 aromatic rings. The molecule has 0 amide bonds. The van der Waals surface area contributed by atoms with E-state index in [4.69, 9.17) is 10.2 Å². The summed E-state index contributed by atoms with van der Waals surface area (Å²) < 4.78 is 9.99. The van der Waals surface area contributed by atoms with Crippen LogP contribution in [0.5, 0.6) is 0 Å². The first-order valence-corrected chi connectivity index (χ1v) is 5.89. The highest BCUT2D eigenvalue weighted by Crippen LogP contribution is 2.25. The Kier molecular flexibility index (Phi) is 3.75. The summed E-state index contributed by atoms with van der Waals surface area (Å²) in [5, 5.41) is 3.21. The molecule has 1 atom stereocenters. The minimum absolute atomic E-state index is 0.0507. The van der Waals surface area contributed by atoms with E-state index in [9.17, 15) is 4.79 Å². The Morgan fingerprint density at radius 3 is 2.84 bits per heavy atom. The van der Waals surface area contributed by atoms with Gasteiger partial charge >= 0.3 is 5.97 Å². The second-order valence-electron chi connectivity index (χ2n) is 4.18. The number of ether oxygens (including phenoxy) is 1. The number of nitrogen functional groups attached to an aromatic ring is 1. The lowest BCUT2D eigenvalue weighted by Crippen LogP contribution is -2.09. The number of carbonyl (C=O) groups excluding carboxylic acids is 1. The van der Waals surface area contributed by atoms with E-state index in [-0.39, 0.29) is 6.04 Å². The molecule has 0 aliphatic rings. The third kappa shape index (κ3) is 2.88. The number of esters is 1. The van der Waals surface area contributed by atoms with Gasteiger partial charge in [0, 0.05) is 0 Å². The average Bonchev–Trinajstić information content (AvgIpc) is 2.94. The number of nitrogens with two attached hydrogens (primary N) is 1. The molecule has 0 saturated heterocycles. The molecule has 0 fully saturated rings. The SMILES string of the molecule is COC(=O)c1ccc(N)c(NC(C)c2ccco2)c1. The van der Waals surface area contributed by atoms with E-state index in [0.29, 0.717) is 16.9 Å². The fourth-order valence-corrected chi connectivity index (χ4v) is 1.77. The largest absolute Gasteiger partial charge is 0.467 e. The van der Waals surface area contributed by atoms with Crippen molar-refractivity contribution in [3.63, 3.8) is 0 Å². The van der Waals surface area contributed by atoms with Gasteiger partial charge in [0.25, 0.3) is 0 Å². The summed E-state index contributed by atoms with van der Waals surface area (Å²) in [6.45, 7) is 1.95. The van der Waals surface area contributed by atoms with Gasteiger partial charge in [0.1, 0.15) is 5.76 Å². The van der Waals surface area contributed by atoms with Crippen LogP contribution in [0, 0.1) is 0 Å². The fourth-order valence-electron chi connectivity index (χ4n) is 1.77. The normalized spacial score (nSPS) is 11.9. The van der Waals surface area contributed by atoms with E-state index < -0.39 is 5.97 Å². The summed E-state index contributed by atoms with van der Waals surface area (Å²) in [6.07, 6.45) is 1.61. The van der Waals surface area contributed by atoms with E-state index in [1.165, 1.54) is 7.11 Å². The molecule has 5 heteroatoms. The number of furan rings is 1. The number of carbonyl (C=O) groups is 1. The fraction of sp³-hybridized carbons (Fsp3) is 0.214. The molecular weight excluding hydrogens is 244 g/mol. The van der Waals surface area contributed by atoms with Gasteiger partial charge in [-0.3, -0.25) is 0 Å². The second-order valence-corrected chi connectivity index (χ2v) is 4.18. The average molecular weight is 260 g/mol. The first-order chi connectivity index (χ1) is 9.11. The molecule has 1 aromatic carbocycles. The summed E-state index contributed by atoms with van der Waals surface area (Å²) in [7, 11) is 1.34. The van der Waals surface area contributed by atoms with Gasteiger partial charge in [-0.15, -0.1) is 0 Å². The van der Waals surface area contributed by atoms with Gasteiger partial charge in [0.05, 0.1) is 36.4 Å². The number of rotatable bonds is 4. The predicted molar refractivity (Wildman–Crippen MR) is 72.9 cm³/mol. The van der Waals surface area contributed by atoms with Gasteiger partial charge in [0.2, 0.25) is 0 Å². The van der Waals surface area contributed by atoms with Crippen LogP contribution in [-0.2, 0) is 4.74 Å². The Bertz CT molecular complexity index is 564. The van der Waals surface area contributed by atoms with Gasteiger partial charge in [-0.25, -0.2) is 4.79 Å². The Morgan fingerprint density at radius 2 is 2.21 bits per heavy atom. The van der Waals surface area contributed by atoms with Crippen molar-refractivity contribution in [2.75, 3.05) is 18.2 Å². The van der Waals surface area contributed by atoms with E-state index >= 15 is 0 Å². The number of hydrogen-bond donors (Lipinski definition) is 2. The Balaban J connectivity index is 2.22. The molecule has 0 aliphatic carbocycles. The van der Waals surface area contributed by atoms with E-state index in [2.05, 4.69) is 10.1 Å². The van der Waals surface area contributed by atoms with Crippen LogP contribution in [0.4, 0.5) is 11.4 Å².